The van der Waals surface area contributed by atoms with Crippen LogP contribution in [0.4, 0.5) is 10.8 Å². The molecule has 134 valence electrons. The number of aromatic nitrogens is 1. The number of thiophene rings is 1. The van der Waals surface area contributed by atoms with Crippen LogP contribution in [0.5, 0.6) is 5.75 Å². The molecule has 1 unspecified atom stereocenters. The van der Waals surface area contributed by atoms with E-state index in [9.17, 15) is 15.2 Å². The Morgan fingerprint density at radius 2 is 1.85 bits per heavy atom. The van der Waals surface area contributed by atoms with Crippen molar-refractivity contribution in [2.75, 3.05) is 5.32 Å². The van der Waals surface area contributed by atoms with Gasteiger partial charge in [-0.1, -0.05) is 47.7 Å². The van der Waals surface area contributed by atoms with Crippen molar-refractivity contribution in [3.8, 4) is 5.75 Å². The molecule has 2 aromatic carbocycles. The molecule has 0 radical (unpaired) electrons. The van der Waals surface area contributed by atoms with E-state index in [2.05, 4.69) is 10.3 Å². The zero-order chi connectivity index (χ0) is 18.8. The van der Waals surface area contributed by atoms with Gasteiger partial charge in [-0.25, -0.2) is 4.98 Å². The highest BCUT2D eigenvalue weighted by atomic mass is 32.1. The van der Waals surface area contributed by atoms with Crippen LogP contribution in [0.2, 0.25) is 0 Å². The van der Waals surface area contributed by atoms with Gasteiger partial charge in [0.1, 0.15) is 11.6 Å². The van der Waals surface area contributed by atoms with Crippen molar-refractivity contribution in [3.05, 3.63) is 93.5 Å². The summed E-state index contributed by atoms with van der Waals surface area (Å²) in [6.07, 6.45) is 1.67. The molecule has 0 spiro atoms. The second-order valence-corrected chi connectivity index (χ2v) is 7.04. The average molecular weight is 377 g/mol. The fraction of sp³-hybridized carbons (Fsp3) is 0.0500. The molecule has 0 aliphatic heterocycles. The maximum atomic E-state index is 11.1. The smallest absolute Gasteiger partial charge is 0.324 e. The van der Waals surface area contributed by atoms with Crippen molar-refractivity contribution < 1.29 is 10.0 Å². The molecular formula is C20H15N3O3S. The molecule has 6 nitrogen and oxygen atoms in total. The van der Waals surface area contributed by atoms with E-state index in [1.54, 1.807) is 18.3 Å². The Labute approximate surface area is 158 Å². The highest BCUT2D eigenvalue weighted by Crippen LogP contribution is 2.41. The van der Waals surface area contributed by atoms with Gasteiger partial charge in [0.25, 0.3) is 0 Å². The van der Waals surface area contributed by atoms with E-state index in [4.69, 9.17) is 0 Å². The Hall–Kier alpha value is -3.45. The first kappa shape index (κ1) is 17.0. The fourth-order valence-electron chi connectivity index (χ4n) is 3.06. The van der Waals surface area contributed by atoms with Crippen LogP contribution in [0, 0.1) is 10.1 Å². The van der Waals surface area contributed by atoms with E-state index in [-0.39, 0.29) is 10.8 Å². The van der Waals surface area contributed by atoms with Crippen LogP contribution in [0.1, 0.15) is 16.5 Å². The lowest BCUT2D eigenvalue weighted by Gasteiger charge is -2.21. The number of fused-ring (bicyclic) bond motifs is 1. The highest BCUT2D eigenvalue weighted by Gasteiger charge is 2.24. The minimum atomic E-state index is -0.482. The molecule has 2 aromatic heterocycles. The number of hydrogen-bond donors (Lipinski definition) is 2. The summed E-state index contributed by atoms with van der Waals surface area (Å²) in [5, 5.41) is 27.0. The molecular weight excluding hydrogens is 362 g/mol. The average Bonchev–Trinajstić information content (AvgIpc) is 3.18. The number of phenols is 1. The SMILES string of the molecule is O=[N+]([O-])c1ccc(C(Nc2ccccn2)c2c(O)ccc3ccccc23)s1. The predicted molar refractivity (Wildman–Crippen MR) is 106 cm³/mol. The van der Waals surface area contributed by atoms with Crippen LogP contribution in [0.3, 0.4) is 0 Å². The fourth-order valence-corrected chi connectivity index (χ4v) is 3.95. The largest absolute Gasteiger partial charge is 0.508 e. The number of rotatable bonds is 5. The minimum Gasteiger partial charge on any atom is -0.508 e. The summed E-state index contributed by atoms with van der Waals surface area (Å²) in [4.78, 5) is 15.8. The number of nitro groups is 1. The Kier molecular flexibility index (Phi) is 4.43. The maximum absolute atomic E-state index is 11.1. The molecule has 0 aliphatic carbocycles. The van der Waals surface area contributed by atoms with Crippen molar-refractivity contribution >= 4 is 32.9 Å². The van der Waals surface area contributed by atoms with Gasteiger partial charge in [0.15, 0.2) is 0 Å². The number of phenolic OH excluding ortho intramolecular Hbond substituents is 1. The summed E-state index contributed by atoms with van der Waals surface area (Å²) >= 11 is 1.08. The Morgan fingerprint density at radius 1 is 1.04 bits per heavy atom. The molecule has 7 heteroatoms. The summed E-state index contributed by atoms with van der Waals surface area (Å²) in [6, 6.07) is 19.4. The molecule has 2 heterocycles. The Morgan fingerprint density at radius 3 is 2.59 bits per heavy atom. The topological polar surface area (TPSA) is 88.3 Å². The van der Waals surface area contributed by atoms with Gasteiger partial charge in [0.05, 0.1) is 11.0 Å². The van der Waals surface area contributed by atoms with E-state index in [1.807, 2.05) is 48.5 Å². The van der Waals surface area contributed by atoms with Gasteiger partial charge in [-0.05, 0) is 35.0 Å². The van der Waals surface area contributed by atoms with Crippen LogP contribution in [-0.2, 0) is 0 Å². The molecule has 4 rings (SSSR count). The first-order valence-corrected chi connectivity index (χ1v) is 9.07. The van der Waals surface area contributed by atoms with Crippen LogP contribution in [-0.4, -0.2) is 15.0 Å². The van der Waals surface area contributed by atoms with Crippen molar-refractivity contribution in [2.45, 2.75) is 6.04 Å². The Bertz CT molecular complexity index is 1110. The quantitative estimate of drug-likeness (QED) is 0.373. The van der Waals surface area contributed by atoms with Crippen LogP contribution in [0.15, 0.2) is 72.9 Å². The first-order chi connectivity index (χ1) is 13.1. The number of pyridine rings is 1. The highest BCUT2D eigenvalue weighted by molar-refractivity contribution is 7.15. The first-order valence-electron chi connectivity index (χ1n) is 8.26. The summed E-state index contributed by atoms with van der Waals surface area (Å²) in [5.41, 5.74) is 0.663. The van der Waals surface area contributed by atoms with E-state index in [0.29, 0.717) is 11.4 Å². The molecule has 2 N–H and O–H groups in total. The zero-order valence-electron chi connectivity index (χ0n) is 14.1. The third kappa shape index (κ3) is 3.32. The van der Waals surface area contributed by atoms with Gasteiger partial charge < -0.3 is 10.4 Å². The van der Waals surface area contributed by atoms with Crippen LogP contribution >= 0.6 is 11.3 Å². The number of nitrogens with one attached hydrogen (secondary N) is 1. The van der Waals surface area contributed by atoms with E-state index in [0.717, 1.165) is 27.0 Å². The Balaban J connectivity index is 1.90. The molecule has 0 bridgehead atoms. The zero-order valence-corrected chi connectivity index (χ0v) is 14.9. The normalized spacial score (nSPS) is 12.0. The number of nitrogens with zero attached hydrogens (tertiary/aromatic N) is 2. The lowest BCUT2D eigenvalue weighted by Crippen LogP contribution is -2.12. The van der Waals surface area contributed by atoms with Crippen molar-refractivity contribution in [3.63, 3.8) is 0 Å². The van der Waals surface area contributed by atoms with Crippen LogP contribution < -0.4 is 5.32 Å². The molecule has 0 fully saturated rings. The van der Waals surface area contributed by atoms with Gasteiger partial charge in [0, 0.05) is 22.7 Å². The van der Waals surface area contributed by atoms with Gasteiger partial charge in [-0.15, -0.1) is 0 Å². The van der Waals surface area contributed by atoms with E-state index >= 15 is 0 Å². The lowest BCUT2D eigenvalue weighted by atomic mass is 9.96. The van der Waals surface area contributed by atoms with E-state index in [1.165, 1.54) is 6.07 Å². The predicted octanol–water partition coefficient (Wildman–Crippen LogP) is 5.11. The van der Waals surface area contributed by atoms with Gasteiger partial charge in [-0.2, -0.15) is 0 Å². The number of hydrogen-bond acceptors (Lipinski definition) is 6. The summed E-state index contributed by atoms with van der Waals surface area (Å²) in [7, 11) is 0. The molecule has 27 heavy (non-hydrogen) atoms. The summed E-state index contributed by atoms with van der Waals surface area (Å²) in [6.45, 7) is 0. The summed E-state index contributed by atoms with van der Waals surface area (Å²) < 4.78 is 0. The van der Waals surface area contributed by atoms with Crippen LogP contribution in [0.25, 0.3) is 10.8 Å². The van der Waals surface area contributed by atoms with Crippen molar-refractivity contribution in [1.29, 1.82) is 0 Å². The molecule has 0 amide bonds. The molecule has 0 saturated carbocycles. The van der Waals surface area contributed by atoms with Crippen molar-refractivity contribution in [2.24, 2.45) is 0 Å². The second-order valence-electron chi connectivity index (χ2n) is 5.94. The number of benzene rings is 2. The number of anilines is 1. The standard InChI is InChI=1S/C20H15N3O3S/c24-15-9-8-13-5-1-2-6-14(13)19(15)20(22-17-7-3-4-12-21-17)16-10-11-18(27-16)23(25)26/h1-12,20,24H,(H,21,22). The van der Waals surface area contributed by atoms with Gasteiger partial charge in [-0.3, -0.25) is 10.1 Å². The van der Waals surface area contributed by atoms with E-state index < -0.39 is 11.0 Å². The molecule has 0 aliphatic rings. The molecule has 4 aromatic rings. The molecule has 0 saturated heterocycles. The van der Waals surface area contributed by atoms with Gasteiger partial charge >= 0.3 is 5.00 Å². The third-order valence-electron chi connectivity index (χ3n) is 4.27. The third-order valence-corrected chi connectivity index (χ3v) is 5.37. The van der Waals surface area contributed by atoms with Gasteiger partial charge in [0.2, 0.25) is 0 Å². The van der Waals surface area contributed by atoms with Crippen molar-refractivity contribution in [1.82, 2.24) is 4.98 Å². The monoisotopic (exact) mass is 377 g/mol. The lowest BCUT2D eigenvalue weighted by molar-refractivity contribution is -0.380. The molecule has 1 atom stereocenters. The minimum absolute atomic E-state index is 0.0533. The maximum Gasteiger partial charge on any atom is 0.324 e. The summed E-state index contributed by atoms with van der Waals surface area (Å²) in [5.74, 6) is 0.740. The number of aromatic hydroxyl groups is 1. The second kappa shape index (κ2) is 7.05.